The van der Waals surface area contributed by atoms with E-state index < -0.39 is 38.3 Å². The number of nitrogens with zero attached hydrogens (tertiary/aromatic N) is 1. The Balaban J connectivity index is 1.91. The molecule has 0 spiro atoms. The standard InChI is InChI=1S/C20H15F2N3O5S/c21-14-10-15(22)16-9-13(14)12-3-1-2-4-17(12)29-5-6-30-20(26)11-7-18(23)24-19(8-11)31(27,28)25-16/h1-4,7-10,25H,5-6H2,(H2,23,24). The fraction of sp³-hybridized carbons (Fsp3) is 0.100. The molecule has 0 radical (unpaired) electrons. The van der Waals surface area contributed by atoms with E-state index in [1.807, 2.05) is 4.72 Å². The van der Waals surface area contributed by atoms with Crippen molar-refractivity contribution < 1.29 is 31.5 Å². The second kappa shape index (κ2) is 7.84. The van der Waals surface area contributed by atoms with Crippen molar-refractivity contribution in [3.63, 3.8) is 0 Å². The highest BCUT2D eigenvalue weighted by Gasteiger charge is 2.24. The van der Waals surface area contributed by atoms with E-state index in [1.54, 1.807) is 18.2 Å². The molecule has 0 saturated heterocycles. The van der Waals surface area contributed by atoms with Gasteiger partial charge in [0.1, 0.15) is 36.4 Å². The second-order valence-corrected chi connectivity index (χ2v) is 8.15. The molecule has 11 heteroatoms. The van der Waals surface area contributed by atoms with Crippen molar-refractivity contribution in [3.8, 4) is 16.9 Å². The molecule has 1 aliphatic rings. The second-order valence-electron chi connectivity index (χ2n) is 6.52. The van der Waals surface area contributed by atoms with Gasteiger partial charge in [-0.05, 0) is 24.3 Å². The first-order valence-electron chi connectivity index (χ1n) is 8.93. The van der Waals surface area contributed by atoms with Crippen LogP contribution in [0.4, 0.5) is 20.3 Å². The molecule has 1 aromatic heterocycles. The van der Waals surface area contributed by atoms with Crippen molar-refractivity contribution in [2.75, 3.05) is 23.7 Å². The number of nitrogen functional groups attached to an aromatic ring is 1. The van der Waals surface area contributed by atoms with Gasteiger partial charge in [0.15, 0.2) is 5.03 Å². The van der Waals surface area contributed by atoms with Crippen molar-refractivity contribution in [1.82, 2.24) is 4.98 Å². The Hall–Kier alpha value is -3.73. The molecular formula is C20H15F2N3O5S. The lowest BCUT2D eigenvalue weighted by Crippen LogP contribution is -2.18. The summed E-state index contributed by atoms with van der Waals surface area (Å²) in [5.74, 6) is -2.94. The lowest BCUT2D eigenvalue weighted by atomic mass is 10.0. The number of ether oxygens (including phenoxy) is 2. The predicted octanol–water partition coefficient (Wildman–Crippen LogP) is 2.96. The van der Waals surface area contributed by atoms with Gasteiger partial charge < -0.3 is 15.2 Å². The number of cyclic esters (lactones) is 1. The molecule has 2 aromatic carbocycles. The van der Waals surface area contributed by atoms with Gasteiger partial charge in [-0.25, -0.2) is 18.6 Å². The number of sulfonamides is 1. The van der Waals surface area contributed by atoms with Crippen LogP contribution in [0.2, 0.25) is 0 Å². The summed E-state index contributed by atoms with van der Waals surface area (Å²) in [7, 11) is -4.48. The van der Waals surface area contributed by atoms with Crippen LogP contribution in [0.25, 0.3) is 11.1 Å². The number of halogens is 2. The van der Waals surface area contributed by atoms with Gasteiger partial charge in [-0.15, -0.1) is 0 Å². The molecule has 0 saturated carbocycles. The highest BCUT2D eigenvalue weighted by molar-refractivity contribution is 7.92. The number of hydrogen-bond acceptors (Lipinski definition) is 7. The summed E-state index contributed by atoms with van der Waals surface area (Å²) in [6.45, 7) is -0.241. The Kier molecular flexibility index (Phi) is 5.19. The van der Waals surface area contributed by atoms with Gasteiger partial charge in [0.25, 0.3) is 10.0 Å². The summed E-state index contributed by atoms with van der Waals surface area (Å²) < 4.78 is 67.3. The highest BCUT2D eigenvalue weighted by Crippen LogP contribution is 2.35. The summed E-state index contributed by atoms with van der Waals surface area (Å²) in [5, 5.41) is -0.628. The fourth-order valence-corrected chi connectivity index (χ4v) is 4.05. The third-order valence-electron chi connectivity index (χ3n) is 4.39. The van der Waals surface area contributed by atoms with Crippen LogP contribution in [0.3, 0.4) is 0 Å². The zero-order valence-electron chi connectivity index (χ0n) is 15.8. The van der Waals surface area contributed by atoms with Gasteiger partial charge in [-0.1, -0.05) is 18.2 Å². The summed E-state index contributed by atoms with van der Waals surface area (Å²) in [4.78, 5) is 16.0. The number of benzene rings is 2. The van der Waals surface area contributed by atoms with E-state index in [1.165, 1.54) is 6.07 Å². The maximum atomic E-state index is 14.6. The van der Waals surface area contributed by atoms with E-state index in [0.29, 0.717) is 6.07 Å². The maximum Gasteiger partial charge on any atom is 0.338 e. The number of fused-ring (bicyclic) bond motifs is 6. The van der Waals surface area contributed by atoms with E-state index in [9.17, 15) is 22.0 Å². The SMILES string of the molecule is Nc1cc2cc(n1)S(=O)(=O)Nc1cc(c(F)cc1F)-c1ccccc1OCCOC2=O. The number of hydrogen-bond donors (Lipinski definition) is 2. The molecule has 4 rings (SSSR count). The first-order chi connectivity index (χ1) is 14.7. The van der Waals surface area contributed by atoms with E-state index in [2.05, 4.69) is 4.98 Å². The van der Waals surface area contributed by atoms with E-state index in [4.69, 9.17) is 15.2 Å². The smallest absolute Gasteiger partial charge is 0.338 e. The Morgan fingerprint density at radius 3 is 2.52 bits per heavy atom. The van der Waals surface area contributed by atoms with Gasteiger partial charge in [0.05, 0.1) is 11.3 Å². The third kappa shape index (κ3) is 4.12. The average Bonchev–Trinajstić information content (AvgIpc) is 2.72. The molecular weight excluding hydrogens is 432 g/mol. The number of carbonyl (C=O) groups excluding carboxylic acids is 1. The predicted molar refractivity (Wildman–Crippen MR) is 107 cm³/mol. The first-order valence-corrected chi connectivity index (χ1v) is 10.4. The molecule has 0 unspecified atom stereocenters. The van der Waals surface area contributed by atoms with Crippen molar-refractivity contribution in [2.45, 2.75) is 5.03 Å². The van der Waals surface area contributed by atoms with Crippen LogP contribution in [-0.2, 0) is 14.8 Å². The lowest BCUT2D eigenvalue weighted by Gasteiger charge is -2.14. The lowest BCUT2D eigenvalue weighted by molar-refractivity contribution is 0.0450. The molecule has 2 heterocycles. The Bertz CT molecular complexity index is 1300. The number of anilines is 2. The van der Waals surface area contributed by atoms with E-state index in [0.717, 1.165) is 18.2 Å². The van der Waals surface area contributed by atoms with Crippen LogP contribution >= 0.6 is 0 Å². The van der Waals surface area contributed by atoms with E-state index >= 15 is 0 Å². The molecule has 0 fully saturated rings. The van der Waals surface area contributed by atoms with Crippen LogP contribution in [0.1, 0.15) is 10.4 Å². The summed E-state index contributed by atoms with van der Waals surface area (Å²) in [6.07, 6.45) is 0. The third-order valence-corrected chi connectivity index (χ3v) is 5.63. The van der Waals surface area contributed by atoms with Crippen LogP contribution in [0, 0.1) is 11.6 Å². The normalized spacial score (nSPS) is 15.4. The zero-order chi connectivity index (χ0) is 22.2. The Morgan fingerprint density at radius 2 is 1.71 bits per heavy atom. The Labute approximate surface area is 175 Å². The molecule has 0 atom stereocenters. The van der Waals surface area contributed by atoms with Gasteiger partial charge in [-0.3, -0.25) is 4.72 Å². The number of nitrogens with two attached hydrogens (primary N) is 1. The molecule has 3 N–H and O–H groups in total. The number of esters is 1. The number of carbonyl (C=O) groups is 1. The average molecular weight is 447 g/mol. The topological polar surface area (TPSA) is 121 Å². The van der Waals surface area contributed by atoms with E-state index in [-0.39, 0.29) is 41.5 Å². The molecule has 0 aliphatic carbocycles. The van der Waals surface area contributed by atoms with Crippen LogP contribution in [0.5, 0.6) is 5.75 Å². The van der Waals surface area contributed by atoms with Crippen molar-refractivity contribution in [2.24, 2.45) is 0 Å². The fourth-order valence-electron chi connectivity index (χ4n) is 3.00. The summed E-state index contributed by atoms with van der Waals surface area (Å²) >= 11 is 0. The van der Waals surface area contributed by atoms with Crippen LogP contribution in [0.15, 0.2) is 53.6 Å². The number of rotatable bonds is 0. The number of nitrogens with one attached hydrogen (secondary N) is 1. The van der Waals surface area contributed by atoms with Crippen LogP contribution < -0.4 is 15.2 Å². The molecule has 4 bridgehead atoms. The number of aromatic nitrogens is 1. The minimum atomic E-state index is -4.48. The summed E-state index contributed by atoms with van der Waals surface area (Å²) in [6, 6.07) is 10.00. The molecule has 31 heavy (non-hydrogen) atoms. The Morgan fingerprint density at radius 1 is 0.968 bits per heavy atom. The highest BCUT2D eigenvalue weighted by atomic mass is 32.2. The summed E-state index contributed by atoms with van der Waals surface area (Å²) in [5.41, 5.74) is 5.10. The van der Waals surface area contributed by atoms with Gasteiger partial charge in [0.2, 0.25) is 0 Å². The first kappa shape index (κ1) is 20.5. The number of para-hydroxylation sites is 1. The number of pyridine rings is 1. The molecule has 8 nitrogen and oxygen atoms in total. The van der Waals surface area contributed by atoms with Crippen molar-refractivity contribution >= 4 is 27.5 Å². The zero-order valence-corrected chi connectivity index (χ0v) is 16.6. The van der Waals surface area contributed by atoms with Gasteiger partial charge in [0, 0.05) is 17.2 Å². The monoisotopic (exact) mass is 447 g/mol. The van der Waals surface area contributed by atoms with Gasteiger partial charge in [-0.2, -0.15) is 8.42 Å². The molecule has 160 valence electrons. The molecule has 1 aliphatic heterocycles. The van der Waals surface area contributed by atoms with Gasteiger partial charge >= 0.3 is 5.97 Å². The quantitative estimate of drug-likeness (QED) is 0.508. The van der Waals surface area contributed by atoms with Crippen molar-refractivity contribution in [1.29, 1.82) is 0 Å². The largest absolute Gasteiger partial charge is 0.489 e. The minimum Gasteiger partial charge on any atom is -0.489 e. The van der Waals surface area contributed by atoms with Crippen molar-refractivity contribution in [3.05, 3.63) is 65.7 Å². The molecule has 3 aromatic rings. The van der Waals surface area contributed by atoms with Crippen LogP contribution in [-0.4, -0.2) is 32.6 Å². The molecule has 0 amide bonds. The minimum absolute atomic E-state index is 0.0671. The maximum absolute atomic E-state index is 14.6.